The fourth-order valence-electron chi connectivity index (χ4n) is 1.89. The lowest BCUT2D eigenvalue weighted by Crippen LogP contribution is -2.31. The predicted octanol–water partition coefficient (Wildman–Crippen LogP) is 3.24. The summed E-state index contributed by atoms with van der Waals surface area (Å²) in [7, 11) is 0. The van der Waals surface area contributed by atoms with Crippen molar-refractivity contribution < 1.29 is 28.2 Å². The first-order valence-corrected chi connectivity index (χ1v) is 7.90. The Balaban J connectivity index is 1.83. The van der Waals surface area contributed by atoms with Gasteiger partial charge in [0.1, 0.15) is 17.9 Å². The van der Waals surface area contributed by atoms with Gasteiger partial charge < -0.3 is 14.8 Å². The number of hydrogen-bond acceptors (Lipinski definition) is 5. The first kappa shape index (κ1) is 19.4. The summed E-state index contributed by atoms with van der Waals surface area (Å²) in [5.41, 5.74) is 0.397. The summed E-state index contributed by atoms with van der Waals surface area (Å²) >= 11 is 5.63. The van der Waals surface area contributed by atoms with Crippen LogP contribution in [0.25, 0.3) is 0 Å². The molecule has 0 aliphatic carbocycles. The van der Waals surface area contributed by atoms with Crippen LogP contribution in [0.4, 0.5) is 10.1 Å². The van der Waals surface area contributed by atoms with Crippen LogP contribution in [0, 0.1) is 5.82 Å². The number of carbonyl (C=O) groups excluding carboxylic acids is 3. The maximum atomic E-state index is 13.7. The third kappa shape index (κ3) is 5.56. The Kier molecular flexibility index (Phi) is 6.68. The maximum absolute atomic E-state index is 13.7. The normalized spacial score (nSPS) is 11.3. The molecule has 0 radical (unpaired) electrons. The van der Waals surface area contributed by atoms with Crippen LogP contribution in [-0.2, 0) is 14.3 Å². The van der Waals surface area contributed by atoms with Gasteiger partial charge >= 0.3 is 5.97 Å². The number of carbonyl (C=O) groups is 3. The Labute approximate surface area is 153 Å². The zero-order valence-corrected chi connectivity index (χ0v) is 14.5. The van der Waals surface area contributed by atoms with Crippen LogP contribution in [-0.4, -0.2) is 30.9 Å². The standard InChI is InChI=1S/C18H15ClFNO5/c1-11(18(24)21-16-7-4-13(19)8-15(16)20)26-17(23)10-25-14-5-2-12(9-22)3-6-14/h2-9,11H,10H2,1H3,(H,21,24)/t11-/m1/s1. The predicted molar refractivity (Wildman–Crippen MR) is 92.9 cm³/mol. The second-order valence-electron chi connectivity index (χ2n) is 5.22. The minimum Gasteiger partial charge on any atom is -0.482 e. The van der Waals surface area contributed by atoms with E-state index in [-0.39, 0.29) is 10.7 Å². The SMILES string of the molecule is C[C@@H](OC(=O)COc1ccc(C=O)cc1)C(=O)Nc1ccc(Cl)cc1F. The second-order valence-corrected chi connectivity index (χ2v) is 5.66. The van der Waals surface area contributed by atoms with Gasteiger partial charge in [0.15, 0.2) is 12.7 Å². The number of anilines is 1. The zero-order chi connectivity index (χ0) is 19.1. The molecule has 26 heavy (non-hydrogen) atoms. The molecule has 0 aliphatic heterocycles. The maximum Gasteiger partial charge on any atom is 0.344 e. The molecule has 1 N–H and O–H groups in total. The summed E-state index contributed by atoms with van der Waals surface area (Å²) in [5.74, 6) is -1.81. The number of nitrogens with one attached hydrogen (secondary N) is 1. The molecule has 1 atom stereocenters. The van der Waals surface area contributed by atoms with Crippen molar-refractivity contribution in [1.82, 2.24) is 0 Å². The summed E-state index contributed by atoms with van der Waals surface area (Å²) in [4.78, 5) is 34.3. The Bertz CT molecular complexity index is 810. The van der Waals surface area contributed by atoms with Gasteiger partial charge in [-0.25, -0.2) is 9.18 Å². The van der Waals surface area contributed by atoms with Gasteiger partial charge in [0.25, 0.3) is 5.91 Å². The number of halogens is 2. The minimum absolute atomic E-state index is 0.0752. The summed E-state index contributed by atoms with van der Waals surface area (Å²) in [6.45, 7) is 0.924. The zero-order valence-electron chi connectivity index (χ0n) is 13.7. The van der Waals surface area contributed by atoms with Gasteiger partial charge in [-0.05, 0) is 49.4 Å². The number of ether oxygens (including phenoxy) is 2. The highest BCUT2D eigenvalue weighted by atomic mass is 35.5. The molecule has 2 aromatic rings. The van der Waals surface area contributed by atoms with E-state index in [0.717, 1.165) is 6.07 Å². The molecular formula is C18H15ClFNO5. The van der Waals surface area contributed by atoms with Crippen molar-refractivity contribution in [2.45, 2.75) is 13.0 Å². The molecule has 0 aromatic heterocycles. The third-order valence-corrected chi connectivity index (χ3v) is 3.47. The Hall–Kier alpha value is -2.93. The van der Waals surface area contributed by atoms with Crippen molar-refractivity contribution in [2.24, 2.45) is 0 Å². The number of amides is 1. The quantitative estimate of drug-likeness (QED) is 0.590. The van der Waals surface area contributed by atoms with Crippen LogP contribution in [0.2, 0.25) is 5.02 Å². The second kappa shape index (κ2) is 8.96. The molecule has 2 aromatic carbocycles. The van der Waals surface area contributed by atoms with Gasteiger partial charge in [-0.2, -0.15) is 0 Å². The van der Waals surface area contributed by atoms with E-state index < -0.39 is 30.4 Å². The van der Waals surface area contributed by atoms with Gasteiger partial charge in [0.05, 0.1) is 5.69 Å². The molecule has 1 amide bonds. The monoisotopic (exact) mass is 379 g/mol. The molecule has 8 heteroatoms. The van der Waals surface area contributed by atoms with Crippen molar-refractivity contribution >= 4 is 35.5 Å². The van der Waals surface area contributed by atoms with Gasteiger partial charge in [0.2, 0.25) is 0 Å². The molecule has 0 unspecified atom stereocenters. The number of aldehydes is 1. The van der Waals surface area contributed by atoms with E-state index in [1.807, 2.05) is 0 Å². The highest BCUT2D eigenvalue weighted by Crippen LogP contribution is 2.19. The van der Waals surface area contributed by atoms with Crippen LogP contribution < -0.4 is 10.1 Å². The van der Waals surface area contributed by atoms with Crippen LogP contribution in [0.15, 0.2) is 42.5 Å². The average molecular weight is 380 g/mol. The third-order valence-electron chi connectivity index (χ3n) is 3.24. The van der Waals surface area contributed by atoms with Gasteiger partial charge in [-0.3, -0.25) is 9.59 Å². The van der Waals surface area contributed by atoms with Crippen LogP contribution in [0.1, 0.15) is 17.3 Å². The molecule has 0 bridgehead atoms. The van der Waals surface area contributed by atoms with Crippen LogP contribution in [0.5, 0.6) is 5.75 Å². The smallest absolute Gasteiger partial charge is 0.344 e. The highest BCUT2D eigenvalue weighted by molar-refractivity contribution is 6.30. The van der Waals surface area contributed by atoms with Crippen molar-refractivity contribution in [3.8, 4) is 5.75 Å². The van der Waals surface area contributed by atoms with Gasteiger partial charge in [-0.15, -0.1) is 0 Å². The Morgan fingerprint density at radius 3 is 2.54 bits per heavy atom. The van der Waals surface area contributed by atoms with Crippen molar-refractivity contribution in [3.05, 3.63) is 58.9 Å². The topological polar surface area (TPSA) is 81.7 Å². The first-order chi connectivity index (χ1) is 12.4. The summed E-state index contributed by atoms with van der Waals surface area (Å²) in [5, 5.41) is 2.50. The van der Waals surface area contributed by atoms with E-state index in [9.17, 15) is 18.8 Å². The molecule has 0 aliphatic rings. The molecule has 136 valence electrons. The van der Waals surface area contributed by atoms with E-state index in [2.05, 4.69) is 5.32 Å². The highest BCUT2D eigenvalue weighted by Gasteiger charge is 2.19. The van der Waals surface area contributed by atoms with E-state index in [4.69, 9.17) is 21.1 Å². The molecule has 0 fully saturated rings. The van der Waals surface area contributed by atoms with E-state index in [0.29, 0.717) is 17.6 Å². The first-order valence-electron chi connectivity index (χ1n) is 7.52. The Morgan fingerprint density at radius 1 is 1.23 bits per heavy atom. The molecule has 2 rings (SSSR count). The number of hydrogen-bond donors (Lipinski definition) is 1. The number of rotatable bonds is 7. The summed E-state index contributed by atoms with van der Waals surface area (Å²) < 4.78 is 23.8. The van der Waals surface area contributed by atoms with Crippen molar-refractivity contribution in [1.29, 1.82) is 0 Å². The van der Waals surface area contributed by atoms with Gasteiger partial charge in [-0.1, -0.05) is 11.6 Å². The van der Waals surface area contributed by atoms with E-state index in [1.165, 1.54) is 43.3 Å². The number of esters is 1. The largest absolute Gasteiger partial charge is 0.482 e. The molecule has 0 heterocycles. The molecule has 6 nitrogen and oxygen atoms in total. The molecular weight excluding hydrogens is 365 g/mol. The van der Waals surface area contributed by atoms with E-state index >= 15 is 0 Å². The Morgan fingerprint density at radius 2 is 1.92 bits per heavy atom. The number of benzene rings is 2. The van der Waals surface area contributed by atoms with Crippen molar-refractivity contribution in [2.75, 3.05) is 11.9 Å². The molecule has 0 saturated carbocycles. The van der Waals surface area contributed by atoms with E-state index in [1.54, 1.807) is 0 Å². The fourth-order valence-corrected chi connectivity index (χ4v) is 2.05. The lowest BCUT2D eigenvalue weighted by Gasteiger charge is -2.14. The van der Waals surface area contributed by atoms with Crippen LogP contribution >= 0.6 is 11.6 Å². The molecule has 0 spiro atoms. The fraction of sp³-hybridized carbons (Fsp3) is 0.167. The lowest BCUT2D eigenvalue weighted by molar-refractivity contribution is -0.155. The lowest BCUT2D eigenvalue weighted by atomic mass is 10.2. The van der Waals surface area contributed by atoms with Crippen molar-refractivity contribution in [3.63, 3.8) is 0 Å². The average Bonchev–Trinajstić information content (AvgIpc) is 2.62. The summed E-state index contributed by atoms with van der Waals surface area (Å²) in [6, 6.07) is 9.89. The minimum atomic E-state index is -1.15. The van der Waals surface area contributed by atoms with Gasteiger partial charge in [0, 0.05) is 10.6 Å². The van der Waals surface area contributed by atoms with Crippen LogP contribution in [0.3, 0.4) is 0 Å². The molecule has 0 saturated heterocycles. The summed E-state index contributed by atoms with van der Waals surface area (Å²) in [6.07, 6.45) is -0.472.